The van der Waals surface area contributed by atoms with Gasteiger partial charge in [0, 0.05) is 16.5 Å². The monoisotopic (exact) mass is 380 g/mol. The van der Waals surface area contributed by atoms with Gasteiger partial charge in [0.2, 0.25) is 0 Å². The van der Waals surface area contributed by atoms with Crippen LogP contribution in [0.4, 0.5) is 0 Å². The third-order valence-electron chi connectivity index (χ3n) is 5.46. The van der Waals surface area contributed by atoms with Gasteiger partial charge >= 0.3 is 5.97 Å². The molecule has 1 aliphatic rings. The van der Waals surface area contributed by atoms with E-state index < -0.39 is 30.2 Å². The molecule has 1 atom stereocenters. The van der Waals surface area contributed by atoms with Crippen molar-refractivity contribution < 1.29 is 20.1 Å². The number of rotatable bonds is 5. The summed E-state index contributed by atoms with van der Waals surface area (Å²) in [5, 5.41) is 31.0. The summed E-state index contributed by atoms with van der Waals surface area (Å²) in [4.78, 5) is 29.0. The number of benzene rings is 1. The van der Waals surface area contributed by atoms with Gasteiger partial charge in [0.15, 0.2) is 0 Å². The summed E-state index contributed by atoms with van der Waals surface area (Å²) in [6.45, 7) is 1.38. The van der Waals surface area contributed by atoms with Crippen LogP contribution >= 0.6 is 0 Å². The average Bonchev–Trinajstić information content (AvgIpc) is 3.03. The summed E-state index contributed by atoms with van der Waals surface area (Å²) in [6.07, 6.45) is -0.468. The number of hydrogen-bond donors (Lipinski definition) is 3. The highest BCUT2D eigenvalue weighted by atomic mass is 16.4. The lowest BCUT2D eigenvalue weighted by molar-refractivity contribution is -0.143. The van der Waals surface area contributed by atoms with Crippen LogP contribution in [0.5, 0.6) is 0 Å². The first kappa shape index (κ1) is 18.3. The van der Waals surface area contributed by atoms with Gasteiger partial charge in [-0.05, 0) is 30.2 Å². The van der Waals surface area contributed by atoms with Crippen molar-refractivity contribution in [3.63, 3.8) is 0 Å². The largest absolute Gasteiger partial charge is 0.481 e. The number of fused-ring (bicyclic) bond motifs is 4. The van der Waals surface area contributed by atoms with E-state index in [1.165, 1.54) is 4.57 Å². The summed E-state index contributed by atoms with van der Waals surface area (Å²) in [5.41, 5.74) is 0.796. The van der Waals surface area contributed by atoms with Gasteiger partial charge in [-0.1, -0.05) is 25.1 Å². The molecule has 7 heteroatoms. The van der Waals surface area contributed by atoms with Gasteiger partial charge in [0.05, 0.1) is 36.5 Å². The Labute approximate surface area is 160 Å². The molecule has 0 bridgehead atoms. The SMILES string of the molecule is CC[C@](O)(CC(=O)O)c1cc2n(c(=O)c1CO)Cc1cc3ccccc3nc1-2. The molecular formula is C21H20N2O5. The number of para-hydroxylation sites is 1. The summed E-state index contributed by atoms with van der Waals surface area (Å²) in [5.74, 6) is -1.18. The number of aliphatic hydroxyl groups excluding tert-OH is 1. The summed E-state index contributed by atoms with van der Waals surface area (Å²) >= 11 is 0. The molecule has 1 aliphatic heterocycles. The second kappa shape index (κ2) is 6.54. The maximum absolute atomic E-state index is 13.0. The predicted molar refractivity (Wildman–Crippen MR) is 103 cm³/mol. The Morgan fingerprint density at radius 3 is 2.71 bits per heavy atom. The van der Waals surface area contributed by atoms with Gasteiger partial charge in [-0.15, -0.1) is 0 Å². The van der Waals surface area contributed by atoms with Crippen molar-refractivity contribution in [2.75, 3.05) is 0 Å². The molecule has 0 aliphatic carbocycles. The first-order valence-electron chi connectivity index (χ1n) is 9.09. The van der Waals surface area contributed by atoms with E-state index in [2.05, 4.69) is 4.98 Å². The van der Waals surface area contributed by atoms with E-state index in [0.717, 1.165) is 16.5 Å². The molecule has 3 heterocycles. The van der Waals surface area contributed by atoms with Crippen LogP contribution < -0.4 is 5.56 Å². The number of aliphatic hydroxyl groups is 2. The predicted octanol–water partition coefficient (Wildman–Crippen LogP) is 1.99. The molecule has 0 saturated heterocycles. The third-order valence-corrected chi connectivity index (χ3v) is 5.46. The Balaban J connectivity index is 1.99. The molecule has 0 spiro atoms. The highest BCUT2D eigenvalue weighted by Crippen LogP contribution is 2.37. The molecule has 4 rings (SSSR count). The van der Waals surface area contributed by atoms with Gasteiger partial charge in [-0.2, -0.15) is 0 Å². The average molecular weight is 380 g/mol. The van der Waals surface area contributed by atoms with E-state index in [9.17, 15) is 24.9 Å². The van der Waals surface area contributed by atoms with Gasteiger partial charge in [-0.25, -0.2) is 4.98 Å². The third kappa shape index (κ3) is 2.71. The Kier molecular flexibility index (Phi) is 4.28. The Bertz CT molecular complexity index is 1170. The quantitative estimate of drug-likeness (QED) is 0.488. The number of aromatic nitrogens is 2. The Hall–Kier alpha value is -3.03. The first-order valence-corrected chi connectivity index (χ1v) is 9.09. The fourth-order valence-electron chi connectivity index (χ4n) is 3.94. The molecule has 0 saturated carbocycles. The molecule has 3 aromatic rings. The molecular weight excluding hydrogens is 360 g/mol. The summed E-state index contributed by atoms with van der Waals surface area (Å²) in [7, 11) is 0. The molecule has 1 aromatic carbocycles. The summed E-state index contributed by atoms with van der Waals surface area (Å²) < 4.78 is 1.52. The van der Waals surface area contributed by atoms with E-state index >= 15 is 0 Å². The number of pyridine rings is 2. The second-order valence-corrected chi connectivity index (χ2v) is 7.12. The van der Waals surface area contributed by atoms with Crippen molar-refractivity contribution in [1.29, 1.82) is 0 Å². The number of carboxylic acid groups (broad SMARTS) is 1. The molecule has 0 unspecified atom stereocenters. The minimum absolute atomic E-state index is 0.0201. The smallest absolute Gasteiger partial charge is 0.306 e. The number of hydrogen-bond acceptors (Lipinski definition) is 5. The molecule has 0 amide bonds. The minimum Gasteiger partial charge on any atom is -0.481 e. The van der Waals surface area contributed by atoms with Crippen LogP contribution in [0.25, 0.3) is 22.3 Å². The van der Waals surface area contributed by atoms with Crippen molar-refractivity contribution in [2.45, 2.75) is 38.5 Å². The lowest BCUT2D eigenvalue weighted by Gasteiger charge is -2.28. The summed E-state index contributed by atoms with van der Waals surface area (Å²) in [6, 6.07) is 11.2. The van der Waals surface area contributed by atoms with Gasteiger partial charge in [0.1, 0.15) is 5.60 Å². The van der Waals surface area contributed by atoms with E-state index in [4.69, 9.17) is 0 Å². The van der Waals surface area contributed by atoms with Crippen LogP contribution in [0.1, 0.15) is 36.5 Å². The highest BCUT2D eigenvalue weighted by Gasteiger charge is 2.36. The van der Waals surface area contributed by atoms with Crippen molar-refractivity contribution in [3.05, 3.63) is 63.4 Å². The molecule has 0 radical (unpaired) electrons. The van der Waals surface area contributed by atoms with E-state index in [1.54, 1.807) is 13.0 Å². The van der Waals surface area contributed by atoms with Crippen LogP contribution in [0.3, 0.4) is 0 Å². The number of nitrogens with zero attached hydrogens (tertiary/aromatic N) is 2. The van der Waals surface area contributed by atoms with Crippen LogP contribution in [0.15, 0.2) is 41.2 Å². The zero-order valence-electron chi connectivity index (χ0n) is 15.3. The topological polar surface area (TPSA) is 113 Å². The van der Waals surface area contributed by atoms with Gasteiger partial charge < -0.3 is 19.9 Å². The first-order chi connectivity index (χ1) is 13.4. The van der Waals surface area contributed by atoms with E-state index in [0.29, 0.717) is 17.9 Å². The normalized spacial score (nSPS) is 14.5. The number of carboxylic acids is 1. The van der Waals surface area contributed by atoms with Crippen molar-refractivity contribution in [3.8, 4) is 11.4 Å². The van der Waals surface area contributed by atoms with Crippen molar-refractivity contribution in [2.24, 2.45) is 0 Å². The molecule has 3 N–H and O–H groups in total. The molecule has 2 aromatic heterocycles. The fourth-order valence-corrected chi connectivity index (χ4v) is 3.94. The highest BCUT2D eigenvalue weighted by molar-refractivity contribution is 5.84. The minimum atomic E-state index is -1.75. The van der Waals surface area contributed by atoms with Crippen molar-refractivity contribution in [1.82, 2.24) is 9.55 Å². The Morgan fingerprint density at radius 1 is 1.29 bits per heavy atom. The lowest BCUT2D eigenvalue weighted by atomic mass is 9.85. The van der Waals surface area contributed by atoms with Gasteiger partial charge in [0.25, 0.3) is 5.56 Å². The van der Waals surface area contributed by atoms with Crippen LogP contribution in [0, 0.1) is 0 Å². The fraction of sp³-hybridized carbons (Fsp3) is 0.286. The Morgan fingerprint density at radius 2 is 2.04 bits per heavy atom. The molecule has 144 valence electrons. The lowest BCUT2D eigenvalue weighted by Crippen LogP contribution is -2.34. The van der Waals surface area contributed by atoms with Gasteiger partial charge in [-0.3, -0.25) is 9.59 Å². The standard InChI is InChI=1S/C21H20N2O5/c1-2-21(28,9-18(25)26)15-8-17-19-13(10-23(17)20(27)14(15)11-24)7-12-5-3-4-6-16(12)22-19/h3-8,24,28H,2,9-11H2,1H3,(H,25,26)/t21-/m0/s1. The van der Waals surface area contributed by atoms with Crippen LogP contribution in [-0.2, 0) is 23.5 Å². The molecule has 0 fully saturated rings. The van der Waals surface area contributed by atoms with Crippen LogP contribution in [0.2, 0.25) is 0 Å². The van der Waals surface area contributed by atoms with E-state index in [1.807, 2.05) is 30.3 Å². The van der Waals surface area contributed by atoms with Crippen LogP contribution in [-0.4, -0.2) is 30.8 Å². The molecule has 28 heavy (non-hydrogen) atoms. The maximum Gasteiger partial charge on any atom is 0.306 e. The maximum atomic E-state index is 13.0. The number of aliphatic carboxylic acids is 1. The second-order valence-electron chi connectivity index (χ2n) is 7.12. The number of carbonyl (C=O) groups is 1. The zero-order chi connectivity index (χ0) is 20.1. The van der Waals surface area contributed by atoms with Crippen molar-refractivity contribution >= 4 is 16.9 Å². The zero-order valence-corrected chi connectivity index (χ0v) is 15.3. The molecule has 7 nitrogen and oxygen atoms in total. The van der Waals surface area contributed by atoms with E-state index in [-0.39, 0.29) is 17.5 Å².